The van der Waals surface area contributed by atoms with E-state index >= 15 is 0 Å². The van der Waals surface area contributed by atoms with E-state index in [0.29, 0.717) is 24.8 Å². The van der Waals surface area contributed by atoms with Crippen molar-refractivity contribution in [2.75, 3.05) is 6.54 Å². The van der Waals surface area contributed by atoms with E-state index in [4.69, 9.17) is 11.5 Å². The van der Waals surface area contributed by atoms with Gasteiger partial charge in [0, 0.05) is 38.6 Å². The highest BCUT2D eigenvalue weighted by Gasteiger charge is 2.40. The lowest BCUT2D eigenvalue weighted by Crippen LogP contribution is -2.56. The predicted octanol–water partition coefficient (Wildman–Crippen LogP) is 3.33. The number of nitrogens with one attached hydrogen (secondary N) is 4. The van der Waals surface area contributed by atoms with Crippen molar-refractivity contribution >= 4 is 47.3 Å². The van der Waals surface area contributed by atoms with Crippen molar-refractivity contribution in [3.05, 3.63) is 71.8 Å². The molecule has 17 nitrogen and oxygen atoms in total. The first-order chi connectivity index (χ1) is 31.5. The van der Waals surface area contributed by atoms with Crippen LogP contribution < -0.4 is 32.7 Å². The van der Waals surface area contributed by atoms with E-state index in [1.54, 1.807) is 30.3 Å². The van der Waals surface area contributed by atoms with Crippen LogP contribution in [0.15, 0.2) is 60.7 Å². The number of hydrogen-bond acceptors (Lipinski definition) is 9. The number of carbonyl (C=O) groups excluding carboxylic acids is 7. The highest BCUT2D eigenvalue weighted by Crippen LogP contribution is 2.22. The van der Waals surface area contributed by atoms with Crippen molar-refractivity contribution in [2.24, 2.45) is 17.4 Å². The first-order valence-electron chi connectivity index (χ1n) is 23.6. The fraction of sp³-hybridized carbons (Fsp3) is 0.592. The van der Waals surface area contributed by atoms with Gasteiger partial charge in [-0.25, -0.2) is 4.79 Å². The first-order valence-corrected chi connectivity index (χ1v) is 23.6. The zero-order valence-electron chi connectivity index (χ0n) is 38.7. The minimum atomic E-state index is -1.28. The van der Waals surface area contributed by atoms with Crippen LogP contribution in [-0.4, -0.2) is 105 Å². The fourth-order valence-corrected chi connectivity index (χ4v) is 8.13. The minimum Gasteiger partial charge on any atom is -0.480 e. The zero-order chi connectivity index (χ0) is 48.4. The Morgan fingerprint density at radius 2 is 1.09 bits per heavy atom. The molecule has 66 heavy (non-hydrogen) atoms. The molecule has 0 bridgehead atoms. The quantitative estimate of drug-likeness (QED) is 0.0496. The molecule has 6 atom stereocenters. The second-order valence-electron chi connectivity index (χ2n) is 17.9. The second kappa shape index (κ2) is 29.6. The standard InChI is InChI=1S/C49H73N7O10/c1-33(2)27-38(46(62)53-37(45(51)61)28-34-21-15-13-16-22-34)54-48(64)41-30-36(57)32-56(41)44(60)26-20-12-10-8-6-4-3-5-7-9-11-19-25-43(59)52-39(31-42(50)58)47(63)55-40(49(65)66)29-35-23-17-14-18-24-35/h13-18,21-24,33,36-41,57H,3-12,19-20,25-32H2,1-2H3,(H2,50,58)(H2,51,61)(H,52,59)(H,53,62)(H,54,64)(H,55,63)(H,65,66)/t36-,37+,38+,39+,40+,41+/m1/s1. The Bertz CT molecular complexity index is 1860. The number of carboxylic acid groups (broad SMARTS) is 1. The average Bonchev–Trinajstić information content (AvgIpc) is 3.67. The van der Waals surface area contributed by atoms with Gasteiger partial charge < -0.3 is 47.8 Å². The molecular weight excluding hydrogens is 847 g/mol. The second-order valence-corrected chi connectivity index (χ2v) is 17.9. The minimum absolute atomic E-state index is 0.0256. The van der Waals surface area contributed by atoms with Gasteiger partial charge in [0.15, 0.2) is 0 Å². The van der Waals surface area contributed by atoms with Crippen LogP contribution in [-0.2, 0) is 51.2 Å². The van der Waals surface area contributed by atoms with Crippen LogP contribution in [0, 0.1) is 5.92 Å². The van der Waals surface area contributed by atoms with Crippen molar-refractivity contribution < 1.29 is 48.6 Å². The van der Waals surface area contributed by atoms with Crippen LogP contribution in [0.5, 0.6) is 0 Å². The summed E-state index contributed by atoms with van der Waals surface area (Å²) in [6.07, 6.45) is 10.9. The Balaban J connectivity index is 1.28. The smallest absolute Gasteiger partial charge is 0.326 e. The number of β-amino-alcohol motifs (C(OH)–C–C–N with tert-alkyl or cyclic N) is 1. The number of amides is 7. The molecule has 1 saturated heterocycles. The van der Waals surface area contributed by atoms with Crippen LogP contribution >= 0.6 is 0 Å². The zero-order valence-corrected chi connectivity index (χ0v) is 38.7. The molecule has 2 aromatic rings. The van der Waals surface area contributed by atoms with E-state index in [2.05, 4.69) is 21.3 Å². The highest BCUT2D eigenvalue weighted by molar-refractivity contribution is 5.95. The van der Waals surface area contributed by atoms with E-state index in [0.717, 1.165) is 69.8 Å². The van der Waals surface area contributed by atoms with Gasteiger partial charge in [0.05, 0.1) is 12.5 Å². The van der Waals surface area contributed by atoms with Gasteiger partial charge in [-0.05, 0) is 36.3 Å². The SMILES string of the molecule is CC(C)C[C@H](NC(=O)[C@@H]1C[C@@H](O)CN1C(=O)CCCCCCCCCCCCCCC(=O)N[C@@H](CC(N)=O)C(=O)N[C@@H](Cc1ccccc1)C(=O)O)C(=O)N[C@@H](Cc1ccccc1)C(N)=O. The summed E-state index contributed by atoms with van der Waals surface area (Å²) >= 11 is 0. The third-order valence-electron chi connectivity index (χ3n) is 11.7. The number of carboxylic acids is 1. The van der Waals surface area contributed by atoms with E-state index in [1.807, 2.05) is 44.2 Å². The number of carbonyl (C=O) groups is 8. The van der Waals surface area contributed by atoms with Gasteiger partial charge >= 0.3 is 5.97 Å². The van der Waals surface area contributed by atoms with E-state index < -0.39 is 84.1 Å². The number of primary amides is 2. The number of nitrogens with two attached hydrogens (primary N) is 2. The van der Waals surface area contributed by atoms with Gasteiger partial charge in [-0.2, -0.15) is 0 Å². The highest BCUT2D eigenvalue weighted by atomic mass is 16.4. The molecule has 2 aromatic carbocycles. The van der Waals surface area contributed by atoms with Crippen molar-refractivity contribution in [1.82, 2.24) is 26.2 Å². The summed E-state index contributed by atoms with van der Waals surface area (Å²) in [6, 6.07) is 12.6. The van der Waals surface area contributed by atoms with Crippen LogP contribution in [0.1, 0.15) is 134 Å². The number of aliphatic carboxylic acids is 1. The first kappa shape index (κ1) is 54.5. The molecule has 17 heteroatoms. The van der Waals surface area contributed by atoms with Crippen LogP contribution in [0.25, 0.3) is 0 Å². The number of aliphatic hydroxyl groups is 1. The number of rotatable bonds is 32. The lowest BCUT2D eigenvalue weighted by molar-refractivity contribution is -0.142. The van der Waals surface area contributed by atoms with Gasteiger partial charge in [0.1, 0.15) is 30.2 Å². The summed E-state index contributed by atoms with van der Waals surface area (Å²) in [5.41, 5.74) is 12.5. The molecule has 1 aliphatic heterocycles. The maximum atomic E-state index is 13.5. The Morgan fingerprint density at radius 1 is 0.621 bits per heavy atom. The van der Waals surface area contributed by atoms with Crippen molar-refractivity contribution in [1.29, 1.82) is 0 Å². The maximum Gasteiger partial charge on any atom is 0.326 e. The monoisotopic (exact) mass is 920 g/mol. The fourth-order valence-electron chi connectivity index (χ4n) is 8.13. The maximum absolute atomic E-state index is 13.5. The van der Waals surface area contributed by atoms with E-state index in [-0.39, 0.29) is 50.5 Å². The number of aliphatic hydroxyl groups excluding tert-OH is 1. The number of hydrogen-bond donors (Lipinski definition) is 8. The predicted molar refractivity (Wildman–Crippen MR) is 249 cm³/mol. The third kappa shape index (κ3) is 21.0. The molecule has 10 N–H and O–H groups in total. The van der Waals surface area contributed by atoms with Crippen LogP contribution in [0.3, 0.4) is 0 Å². The lowest BCUT2D eigenvalue weighted by atomic mass is 10.0. The molecule has 0 aromatic heterocycles. The molecule has 0 saturated carbocycles. The van der Waals surface area contributed by atoms with Crippen molar-refractivity contribution in [3.8, 4) is 0 Å². The largest absolute Gasteiger partial charge is 0.480 e. The molecule has 0 radical (unpaired) electrons. The Labute approximate surface area is 389 Å². The number of benzene rings is 2. The molecule has 0 unspecified atom stereocenters. The van der Waals surface area contributed by atoms with Gasteiger partial charge in [-0.1, -0.05) is 139 Å². The molecule has 7 amide bonds. The molecule has 1 fully saturated rings. The summed E-state index contributed by atoms with van der Waals surface area (Å²) < 4.78 is 0. The van der Waals surface area contributed by atoms with E-state index in [9.17, 15) is 48.6 Å². The van der Waals surface area contributed by atoms with Crippen LogP contribution in [0.4, 0.5) is 0 Å². The molecule has 364 valence electrons. The Kier molecular flexibility index (Phi) is 24.5. The molecule has 0 aliphatic carbocycles. The normalized spacial score (nSPS) is 16.4. The lowest BCUT2D eigenvalue weighted by Gasteiger charge is -2.27. The molecular formula is C49H73N7O10. The summed E-state index contributed by atoms with van der Waals surface area (Å²) in [6.45, 7) is 3.86. The van der Waals surface area contributed by atoms with Crippen molar-refractivity contribution in [2.45, 2.75) is 172 Å². The number of likely N-dealkylation sites (tertiary alicyclic amines) is 1. The Morgan fingerprint density at radius 3 is 1.58 bits per heavy atom. The van der Waals surface area contributed by atoms with Gasteiger partial charge in [-0.3, -0.25) is 33.6 Å². The number of unbranched alkanes of at least 4 members (excludes halogenated alkanes) is 11. The summed E-state index contributed by atoms with van der Waals surface area (Å²) in [5, 5.41) is 30.5. The molecule has 0 spiro atoms. The molecule has 3 rings (SSSR count). The topological polar surface area (TPSA) is 280 Å². The van der Waals surface area contributed by atoms with Gasteiger partial charge in [0.2, 0.25) is 41.4 Å². The van der Waals surface area contributed by atoms with Crippen LogP contribution in [0.2, 0.25) is 0 Å². The van der Waals surface area contributed by atoms with Gasteiger partial charge in [0.25, 0.3) is 0 Å². The Hall–Kier alpha value is -5.84. The number of nitrogens with zero attached hydrogens (tertiary/aromatic N) is 1. The van der Waals surface area contributed by atoms with Gasteiger partial charge in [-0.15, -0.1) is 0 Å². The summed E-state index contributed by atoms with van der Waals surface area (Å²) in [4.78, 5) is 103. The molecule has 1 heterocycles. The molecule has 1 aliphatic rings. The third-order valence-corrected chi connectivity index (χ3v) is 11.7. The van der Waals surface area contributed by atoms with Crippen molar-refractivity contribution in [3.63, 3.8) is 0 Å². The van der Waals surface area contributed by atoms with E-state index in [1.165, 1.54) is 4.90 Å². The average molecular weight is 920 g/mol. The summed E-state index contributed by atoms with van der Waals surface area (Å²) in [7, 11) is 0. The summed E-state index contributed by atoms with van der Waals surface area (Å²) in [5.74, 6) is -5.19.